The molecule has 4 nitrogen and oxygen atoms in total. The molecule has 1 aliphatic carbocycles. The van der Waals surface area contributed by atoms with E-state index in [0.29, 0.717) is 12.0 Å². The summed E-state index contributed by atoms with van der Waals surface area (Å²) in [4.78, 5) is 11.7. The van der Waals surface area contributed by atoms with Gasteiger partial charge in [-0.2, -0.15) is 11.8 Å². The summed E-state index contributed by atoms with van der Waals surface area (Å²) >= 11 is 2.07. The highest BCUT2D eigenvalue weighted by Crippen LogP contribution is 2.27. The molecule has 0 aromatic carbocycles. The number of hydrogen-bond acceptors (Lipinski definition) is 4. The van der Waals surface area contributed by atoms with Gasteiger partial charge in [-0.05, 0) is 69.9 Å². The molecule has 2 N–H and O–H groups in total. The van der Waals surface area contributed by atoms with Gasteiger partial charge in [0.2, 0.25) is 0 Å². The Morgan fingerprint density at radius 3 is 2.71 bits per heavy atom. The summed E-state index contributed by atoms with van der Waals surface area (Å²) < 4.78 is 5.30. The van der Waals surface area contributed by atoms with Crippen LogP contribution in [0.3, 0.4) is 0 Å². The second kappa shape index (κ2) is 7.73. The Kier molecular flexibility index (Phi) is 6.23. The molecule has 1 heterocycles. The third-order valence-corrected chi connectivity index (χ3v) is 5.49. The molecule has 3 atom stereocenters. The van der Waals surface area contributed by atoms with Gasteiger partial charge in [-0.25, -0.2) is 4.79 Å². The van der Waals surface area contributed by atoms with Crippen LogP contribution in [0.25, 0.3) is 0 Å². The van der Waals surface area contributed by atoms with Crippen molar-refractivity contribution in [1.82, 2.24) is 10.6 Å². The van der Waals surface area contributed by atoms with Crippen LogP contribution in [0.4, 0.5) is 4.79 Å². The molecule has 0 spiro atoms. The van der Waals surface area contributed by atoms with E-state index in [-0.39, 0.29) is 6.09 Å². The molecule has 1 aliphatic heterocycles. The summed E-state index contributed by atoms with van der Waals surface area (Å²) in [6.07, 6.45) is 4.76. The molecule has 2 aliphatic rings. The lowest BCUT2D eigenvalue weighted by molar-refractivity contribution is 0.0517. The van der Waals surface area contributed by atoms with E-state index in [1.54, 1.807) is 0 Å². The molecule has 21 heavy (non-hydrogen) atoms. The Bertz CT molecular complexity index is 338. The highest BCUT2D eigenvalue weighted by Gasteiger charge is 2.28. The molecule has 2 rings (SSSR count). The highest BCUT2D eigenvalue weighted by molar-refractivity contribution is 7.99. The molecule has 1 saturated carbocycles. The largest absolute Gasteiger partial charge is 0.444 e. The van der Waals surface area contributed by atoms with Crippen molar-refractivity contribution in [3.8, 4) is 0 Å². The number of thioether (sulfide) groups is 1. The quantitative estimate of drug-likeness (QED) is 0.819. The van der Waals surface area contributed by atoms with Gasteiger partial charge in [0.1, 0.15) is 5.60 Å². The van der Waals surface area contributed by atoms with Crippen molar-refractivity contribution in [3.05, 3.63) is 0 Å². The topological polar surface area (TPSA) is 50.4 Å². The molecule has 0 bridgehead atoms. The van der Waals surface area contributed by atoms with Crippen molar-refractivity contribution >= 4 is 17.9 Å². The smallest absolute Gasteiger partial charge is 0.407 e. The third-order valence-electron chi connectivity index (χ3n) is 4.26. The first-order valence-electron chi connectivity index (χ1n) is 8.22. The molecule has 1 saturated heterocycles. The fourth-order valence-corrected chi connectivity index (χ4v) is 4.43. The van der Waals surface area contributed by atoms with Crippen LogP contribution in [0.5, 0.6) is 0 Å². The molecule has 1 amide bonds. The fraction of sp³-hybridized carbons (Fsp3) is 0.938. The second-order valence-electron chi connectivity index (χ2n) is 7.32. The van der Waals surface area contributed by atoms with Gasteiger partial charge in [-0.3, -0.25) is 0 Å². The summed E-state index contributed by atoms with van der Waals surface area (Å²) in [5.41, 5.74) is -0.419. The normalized spacial score (nSPS) is 29.6. The summed E-state index contributed by atoms with van der Waals surface area (Å²) in [6.45, 7) is 7.55. The van der Waals surface area contributed by atoms with Crippen molar-refractivity contribution < 1.29 is 9.53 Å². The average molecular weight is 314 g/mol. The predicted octanol–water partition coefficient (Wildman–Crippen LogP) is 3.02. The van der Waals surface area contributed by atoms with Gasteiger partial charge in [0, 0.05) is 12.6 Å². The van der Waals surface area contributed by atoms with E-state index < -0.39 is 5.60 Å². The number of hydrogen-bond donors (Lipinski definition) is 2. The van der Waals surface area contributed by atoms with Crippen molar-refractivity contribution in [1.29, 1.82) is 0 Å². The van der Waals surface area contributed by atoms with Gasteiger partial charge in [-0.15, -0.1) is 0 Å². The number of ether oxygens (including phenoxy) is 1. The van der Waals surface area contributed by atoms with Crippen LogP contribution in [0.2, 0.25) is 0 Å². The highest BCUT2D eigenvalue weighted by atomic mass is 32.2. The third kappa shape index (κ3) is 6.07. The fourth-order valence-electron chi connectivity index (χ4n) is 3.14. The van der Waals surface area contributed by atoms with Gasteiger partial charge >= 0.3 is 6.09 Å². The first-order valence-corrected chi connectivity index (χ1v) is 9.37. The van der Waals surface area contributed by atoms with Crippen LogP contribution in [0.1, 0.15) is 46.5 Å². The molecule has 3 unspecified atom stereocenters. The molecule has 0 radical (unpaired) electrons. The number of carbonyl (C=O) groups is 1. The van der Waals surface area contributed by atoms with E-state index in [2.05, 4.69) is 22.4 Å². The Morgan fingerprint density at radius 1 is 1.24 bits per heavy atom. The number of rotatable bonds is 5. The number of carbonyl (C=O) groups excluding carboxylic acids is 1. The van der Waals surface area contributed by atoms with Crippen LogP contribution >= 0.6 is 11.8 Å². The molecule has 2 fully saturated rings. The van der Waals surface area contributed by atoms with Gasteiger partial charge in [0.25, 0.3) is 0 Å². The average Bonchev–Trinajstić information content (AvgIpc) is 3.03. The second-order valence-corrected chi connectivity index (χ2v) is 8.47. The Morgan fingerprint density at radius 2 is 2.05 bits per heavy atom. The summed E-state index contributed by atoms with van der Waals surface area (Å²) in [5.74, 6) is 4.02. The van der Waals surface area contributed by atoms with Crippen molar-refractivity contribution in [3.63, 3.8) is 0 Å². The molecule has 122 valence electrons. The van der Waals surface area contributed by atoms with Crippen molar-refractivity contribution in [2.75, 3.05) is 24.6 Å². The summed E-state index contributed by atoms with van der Waals surface area (Å²) in [5, 5.41) is 6.67. The SMILES string of the molecule is CC(C)(C)OC(=O)NCC1CCCC1NCC1CCSC1. The Labute approximate surface area is 133 Å². The Hall–Kier alpha value is -0.420. The monoisotopic (exact) mass is 314 g/mol. The zero-order valence-electron chi connectivity index (χ0n) is 13.6. The minimum Gasteiger partial charge on any atom is -0.444 e. The van der Waals surface area contributed by atoms with Crippen LogP contribution in [-0.2, 0) is 4.74 Å². The lowest BCUT2D eigenvalue weighted by Gasteiger charge is -2.24. The van der Waals surface area contributed by atoms with E-state index >= 15 is 0 Å². The van der Waals surface area contributed by atoms with Gasteiger partial charge < -0.3 is 15.4 Å². The van der Waals surface area contributed by atoms with Crippen molar-refractivity contribution in [2.24, 2.45) is 11.8 Å². The number of alkyl carbamates (subject to hydrolysis) is 1. The number of amides is 1. The van der Waals surface area contributed by atoms with E-state index in [9.17, 15) is 4.79 Å². The van der Waals surface area contributed by atoms with Crippen molar-refractivity contribution in [2.45, 2.75) is 58.1 Å². The van der Waals surface area contributed by atoms with E-state index in [0.717, 1.165) is 19.0 Å². The van der Waals surface area contributed by atoms with Crippen LogP contribution in [0.15, 0.2) is 0 Å². The van der Waals surface area contributed by atoms with Crippen LogP contribution in [0, 0.1) is 11.8 Å². The minimum absolute atomic E-state index is 0.291. The maximum Gasteiger partial charge on any atom is 0.407 e. The summed E-state index contributed by atoms with van der Waals surface area (Å²) in [7, 11) is 0. The first kappa shape index (κ1) is 16.9. The van der Waals surface area contributed by atoms with Gasteiger partial charge in [0.15, 0.2) is 0 Å². The van der Waals surface area contributed by atoms with E-state index in [1.807, 2.05) is 20.8 Å². The van der Waals surface area contributed by atoms with E-state index in [1.165, 1.54) is 37.2 Å². The first-order chi connectivity index (χ1) is 9.94. The standard InChI is InChI=1S/C16H30N2O2S/c1-16(2,3)20-15(19)18-10-13-5-4-6-14(13)17-9-12-7-8-21-11-12/h12-14,17H,4-11H2,1-3H3,(H,18,19). The zero-order chi connectivity index (χ0) is 15.3. The summed E-state index contributed by atoms with van der Waals surface area (Å²) in [6, 6.07) is 0.561. The molecule has 0 aromatic rings. The van der Waals surface area contributed by atoms with E-state index in [4.69, 9.17) is 4.74 Å². The van der Waals surface area contributed by atoms with Gasteiger partial charge in [0.05, 0.1) is 0 Å². The molecular weight excluding hydrogens is 284 g/mol. The molecular formula is C16H30N2O2S. The van der Waals surface area contributed by atoms with Gasteiger partial charge in [-0.1, -0.05) is 6.42 Å². The maximum atomic E-state index is 11.7. The van der Waals surface area contributed by atoms with Crippen LogP contribution < -0.4 is 10.6 Å². The molecule has 0 aromatic heterocycles. The molecule has 5 heteroatoms. The zero-order valence-corrected chi connectivity index (χ0v) is 14.4. The predicted molar refractivity (Wildman–Crippen MR) is 88.8 cm³/mol. The lowest BCUT2D eigenvalue weighted by Crippen LogP contribution is -2.42. The van der Waals surface area contributed by atoms with Crippen LogP contribution in [-0.4, -0.2) is 42.3 Å². The maximum absolute atomic E-state index is 11.7. The lowest BCUT2D eigenvalue weighted by atomic mass is 10.0. The Balaban J connectivity index is 1.67. The number of nitrogens with one attached hydrogen (secondary N) is 2. The minimum atomic E-state index is -0.419.